The Morgan fingerprint density at radius 1 is 0.810 bits per heavy atom. The van der Waals surface area contributed by atoms with Crippen LogP contribution in [0.25, 0.3) is 0 Å². The highest BCUT2D eigenvalue weighted by Crippen LogP contribution is 2.53. The van der Waals surface area contributed by atoms with Crippen molar-refractivity contribution >= 4 is 0 Å². The SMILES string of the molecule is Cc1cc(C)c(CNC2C3CC4CC(C3)CC2C4)cc1C. The monoisotopic (exact) mass is 283 g/mol. The third kappa shape index (κ3) is 2.44. The van der Waals surface area contributed by atoms with E-state index in [0.717, 1.165) is 36.3 Å². The van der Waals surface area contributed by atoms with Crippen molar-refractivity contribution < 1.29 is 0 Å². The molecule has 4 aliphatic carbocycles. The summed E-state index contributed by atoms with van der Waals surface area (Å²) in [7, 11) is 0. The first kappa shape index (κ1) is 13.8. The first-order valence-corrected chi connectivity index (χ1v) is 8.90. The number of nitrogens with one attached hydrogen (secondary N) is 1. The number of hydrogen-bond donors (Lipinski definition) is 1. The molecule has 4 bridgehead atoms. The van der Waals surface area contributed by atoms with Gasteiger partial charge < -0.3 is 5.32 Å². The molecule has 4 saturated carbocycles. The van der Waals surface area contributed by atoms with Crippen LogP contribution >= 0.6 is 0 Å². The lowest BCUT2D eigenvalue weighted by atomic mass is 9.54. The zero-order valence-corrected chi connectivity index (χ0v) is 13.8. The van der Waals surface area contributed by atoms with Crippen LogP contribution in [-0.4, -0.2) is 6.04 Å². The van der Waals surface area contributed by atoms with Gasteiger partial charge in [0.05, 0.1) is 0 Å². The second kappa shape index (κ2) is 5.12. The van der Waals surface area contributed by atoms with E-state index in [9.17, 15) is 0 Å². The van der Waals surface area contributed by atoms with Crippen LogP contribution in [0.15, 0.2) is 12.1 Å². The zero-order chi connectivity index (χ0) is 14.6. The summed E-state index contributed by atoms with van der Waals surface area (Å²) < 4.78 is 0. The van der Waals surface area contributed by atoms with Gasteiger partial charge in [-0.15, -0.1) is 0 Å². The zero-order valence-electron chi connectivity index (χ0n) is 13.8. The molecule has 0 heterocycles. The van der Waals surface area contributed by atoms with Crippen LogP contribution in [0.1, 0.15) is 54.4 Å². The summed E-state index contributed by atoms with van der Waals surface area (Å²) >= 11 is 0. The topological polar surface area (TPSA) is 12.0 Å². The van der Waals surface area contributed by atoms with Crippen molar-refractivity contribution in [2.45, 2.75) is 65.5 Å². The fourth-order valence-corrected chi connectivity index (χ4v) is 5.70. The number of benzene rings is 1. The van der Waals surface area contributed by atoms with E-state index < -0.39 is 0 Å². The predicted molar refractivity (Wildman–Crippen MR) is 88.3 cm³/mol. The van der Waals surface area contributed by atoms with Crippen LogP contribution in [0.2, 0.25) is 0 Å². The van der Waals surface area contributed by atoms with E-state index in [-0.39, 0.29) is 0 Å². The van der Waals surface area contributed by atoms with Gasteiger partial charge in [-0.1, -0.05) is 12.1 Å². The molecule has 0 saturated heterocycles. The molecule has 4 aliphatic rings. The maximum Gasteiger partial charge on any atom is 0.0211 e. The second-order valence-electron chi connectivity index (χ2n) is 8.20. The fraction of sp³-hybridized carbons (Fsp3) is 0.700. The molecular formula is C20H29N. The van der Waals surface area contributed by atoms with E-state index in [1.165, 1.54) is 47.9 Å². The van der Waals surface area contributed by atoms with E-state index in [2.05, 4.69) is 38.2 Å². The van der Waals surface area contributed by atoms with Crippen LogP contribution < -0.4 is 5.32 Å². The van der Waals surface area contributed by atoms with Crippen LogP contribution in [0.3, 0.4) is 0 Å². The minimum Gasteiger partial charge on any atom is -0.309 e. The Morgan fingerprint density at radius 3 is 2.00 bits per heavy atom. The molecule has 21 heavy (non-hydrogen) atoms. The Bertz CT molecular complexity index is 517. The first-order chi connectivity index (χ1) is 10.1. The molecule has 1 aromatic rings. The van der Waals surface area contributed by atoms with Crippen molar-refractivity contribution in [3.63, 3.8) is 0 Å². The van der Waals surface area contributed by atoms with E-state index in [1.54, 1.807) is 6.42 Å². The van der Waals surface area contributed by atoms with E-state index >= 15 is 0 Å². The van der Waals surface area contributed by atoms with Gasteiger partial charge in [-0.05, 0) is 98.8 Å². The Morgan fingerprint density at radius 2 is 1.38 bits per heavy atom. The van der Waals surface area contributed by atoms with Crippen molar-refractivity contribution in [1.82, 2.24) is 5.32 Å². The van der Waals surface area contributed by atoms with Crippen LogP contribution in [0.5, 0.6) is 0 Å². The van der Waals surface area contributed by atoms with Crippen LogP contribution in [-0.2, 0) is 6.54 Å². The van der Waals surface area contributed by atoms with Crippen molar-refractivity contribution in [1.29, 1.82) is 0 Å². The standard InChI is InChI=1S/C20H29N/c1-12-4-14(3)19(5-13(12)2)11-21-20-17-7-15-6-16(9-17)10-18(20)8-15/h4-5,15-18,20-21H,6-11H2,1-3H3. The smallest absolute Gasteiger partial charge is 0.0211 e. The minimum atomic E-state index is 0.804. The van der Waals surface area contributed by atoms with Crippen molar-refractivity contribution in [3.05, 3.63) is 34.4 Å². The lowest BCUT2D eigenvalue weighted by Gasteiger charge is -2.54. The molecule has 5 rings (SSSR count). The molecule has 1 N–H and O–H groups in total. The van der Waals surface area contributed by atoms with Crippen LogP contribution in [0, 0.1) is 44.4 Å². The highest BCUT2D eigenvalue weighted by Gasteiger charge is 2.47. The van der Waals surface area contributed by atoms with Gasteiger partial charge in [0.15, 0.2) is 0 Å². The lowest BCUT2D eigenvalue weighted by molar-refractivity contribution is -0.0142. The van der Waals surface area contributed by atoms with Gasteiger partial charge in [-0.3, -0.25) is 0 Å². The quantitative estimate of drug-likeness (QED) is 0.859. The molecule has 1 heteroatoms. The Hall–Kier alpha value is -0.820. The molecule has 0 radical (unpaired) electrons. The first-order valence-electron chi connectivity index (χ1n) is 8.90. The third-order valence-corrected chi connectivity index (χ3v) is 6.71. The van der Waals surface area contributed by atoms with Gasteiger partial charge in [-0.2, -0.15) is 0 Å². The molecular weight excluding hydrogens is 254 g/mol. The molecule has 0 aromatic heterocycles. The highest BCUT2D eigenvalue weighted by molar-refractivity contribution is 5.36. The van der Waals surface area contributed by atoms with E-state index in [0.29, 0.717) is 0 Å². The normalized spacial score (nSPS) is 37.2. The van der Waals surface area contributed by atoms with Gasteiger partial charge in [-0.25, -0.2) is 0 Å². The molecule has 114 valence electrons. The van der Waals surface area contributed by atoms with Crippen molar-refractivity contribution in [2.24, 2.45) is 23.7 Å². The summed E-state index contributed by atoms with van der Waals surface area (Å²) in [5.74, 6) is 4.11. The van der Waals surface area contributed by atoms with Gasteiger partial charge in [0.25, 0.3) is 0 Å². The maximum atomic E-state index is 3.97. The molecule has 4 fully saturated rings. The summed E-state index contributed by atoms with van der Waals surface area (Å²) in [6.45, 7) is 7.79. The predicted octanol–water partition coefficient (Wildman–Crippen LogP) is 4.53. The van der Waals surface area contributed by atoms with Gasteiger partial charge >= 0.3 is 0 Å². The second-order valence-corrected chi connectivity index (χ2v) is 8.20. The van der Waals surface area contributed by atoms with Crippen molar-refractivity contribution in [2.75, 3.05) is 0 Å². The number of hydrogen-bond acceptors (Lipinski definition) is 1. The van der Waals surface area contributed by atoms with Crippen LogP contribution in [0.4, 0.5) is 0 Å². The average molecular weight is 283 g/mol. The molecule has 0 aliphatic heterocycles. The summed E-state index contributed by atoms with van der Waals surface area (Å²) in [6.07, 6.45) is 7.59. The minimum absolute atomic E-state index is 0.804. The van der Waals surface area contributed by atoms with Gasteiger partial charge in [0.1, 0.15) is 0 Å². The van der Waals surface area contributed by atoms with Crippen molar-refractivity contribution in [3.8, 4) is 0 Å². The molecule has 0 spiro atoms. The molecule has 0 unspecified atom stereocenters. The Kier molecular flexibility index (Phi) is 3.37. The molecule has 0 amide bonds. The fourth-order valence-electron chi connectivity index (χ4n) is 5.70. The average Bonchev–Trinajstić information content (AvgIpc) is 2.42. The largest absolute Gasteiger partial charge is 0.309 e. The maximum absolute atomic E-state index is 3.97. The van der Waals surface area contributed by atoms with Gasteiger partial charge in [0, 0.05) is 12.6 Å². The van der Waals surface area contributed by atoms with Gasteiger partial charge in [0.2, 0.25) is 0 Å². The Labute approximate surface area is 129 Å². The third-order valence-electron chi connectivity index (χ3n) is 6.71. The highest BCUT2D eigenvalue weighted by atomic mass is 14.9. The summed E-state index contributed by atoms with van der Waals surface area (Å²) in [6, 6.07) is 5.55. The Balaban J connectivity index is 1.46. The van der Waals surface area contributed by atoms with E-state index in [4.69, 9.17) is 0 Å². The molecule has 1 aromatic carbocycles. The summed E-state index contributed by atoms with van der Waals surface area (Å²) in [5.41, 5.74) is 5.81. The van der Waals surface area contributed by atoms with E-state index in [1.807, 2.05) is 0 Å². The number of rotatable bonds is 3. The summed E-state index contributed by atoms with van der Waals surface area (Å²) in [4.78, 5) is 0. The lowest BCUT2D eigenvalue weighted by Crippen LogP contribution is -2.54. The summed E-state index contributed by atoms with van der Waals surface area (Å²) in [5, 5.41) is 3.97. The number of aryl methyl sites for hydroxylation is 3. The molecule has 1 nitrogen and oxygen atoms in total. The molecule has 0 atom stereocenters.